The molecule has 0 atom stereocenters. The molecule has 0 aliphatic heterocycles. The number of ether oxygens (including phenoxy) is 1. The minimum Gasteiger partial charge on any atom is -0.468 e. The van der Waals surface area contributed by atoms with E-state index < -0.39 is 11.9 Å². The first-order valence-corrected chi connectivity index (χ1v) is 5.86. The summed E-state index contributed by atoms with van der Waals surface area (Å²) in [5.74, 6) is -0.478. The third-order valence-corrected chi connectivity index (χ3v) is 2.43. The Balaban J connectivity index is 1.93. The summed E-state index contributed by atoms with van der Waals surface area (Å²) in [5.41, 5.74) is 0.814. The number of esters is 1. The minimum absolute atomic E-state index is 0.114. The van der Waals surface area contributed by atoms with Gasteiger partial charge >= 0.3 is 5.97 Å². The summed E-state index contributed by atoms with van der Waals surface area (Å²) in [6, 6.07) is 9.30. The van der Waals surface area contributed by atoms with E-state index in [-0.39, 0.29) is 13.1 Å². The van der Waals surface area contributed by atoms with Crippen LogP contribution in [0.5, 0.6) is 0 Å². The number of amides is 1. The topological polar surface area (TPSA) is 99.0 Å². The van der Waals surface area contributed by atoms with Crippen LogP contribution in [-0.2, 0) is 20.9 Å². The smallest absolute Gasteiger partial charge is 0.325 e. The summed E-state index contributed by atoms with van der Waals surface area (Å²) in [7, 11) is 1.25. The van der Waals surface area contributed by atoms with Crippen molar-refractivity contribution in [1.29, 1.82) is 0 Å². The predicted molar refractivity (Wildman–Crippen MR) is 68.3 cm³/mol. The third-order valence-electron chi connectivity index (χ3n) is 2.43. The molecule has 0 saturated heterocycles. The monoisotopic (exact) mass is 275 g/mol. The Kier molecular flexibility index (Phi) is 4.38. The van der Waals surface area contributed by atoms with Crippen LogP contribution in [0, 0.1) is 0 Å². The molecular weight excluding hydrogens is 262 g/mol. The van der Waals surface area contributed by atoms with E-state index in [9.17, 15) is 9.59 Å². The molecule has 1 amide bonds. The fourth-order valence-electron chi connectivity index (χ4n) is 1.44. The molecule has 0 fully saturated rings. The Bertz CT molecular complexity index is 596. The van der Waals surface area contributed by atoms with Crippen LogP contribution in [0.3, 0.4) is 0 Å². The zero-order valence-corrected chi connectivity index (χ0v) is 10.8. The molecule has 8 heteroatoms. The highest BCUT2D eigenvalue weighted by atomic mass is 16.5. The highest BCUT2D eigenvalue weighted by Crippen LogP contribution is 2.11. The number of aromatic nitrogens is 4. The van der Waals surface area contributed by atoms with Crippen LogP contribution in [0.1, 0.15) is 0 Å². The number of hydrogen-bond donors (Lipinski definition) is 1. The van der Waals surface area contributed by atoms with Crippen molar-refractivity contribution in [1.82, 2.24) is 25.5 Å². The second-order valence-corrected chi connectivity index (χ2v) is 3.86. The number of benzene rings is 1. The summed E-state index contributed by atoms with van der Waals surface area (Å²) >= 11 is 0. The summed E-state index contributed by atoms with van der Waals surface area (Å²) in [4.78, 5) is 23.6. The molecule has 0 unspecified atom stereocenters. The number of rotatable bonds is 5. The van der Waals surface area contributed by atoms with E-state index in [1.807, 2.05) is 30.3 Å². The number of tetrazole rings is 1. The minimum atomic E-state index is -0.519. The van der Waals surface area contributed by atoms with Gasteiger partial charge in [-0.1, -0.05) is 30.3 Å². The van der Waals surface area contributed by atoms with Crippen molar-refractivity contribution >= 4 is 11.9 Å². The first-order valence-electron chi connectivity index (χ1n) is 5.86. The molecule has 0 saturated carbocycles. The Labute approximate surface area is 114 Å². The van der Waals surface area contributed by atoms with Gasteiger partial charge in [0.15, 0.2) is 0 Å². The van der Waals surface area contributed by atoms with E-state index in [4.69, 9.17) is 0 Å². The SMILES string of the molecule is COC(=O)CNC(=O)Cn1nnc(-c2ccccc2)n1. The predicted octanol–water partition coefficient (Wildman–Crippen LogP) is -0.371. The van der Waals surface area contributed by atoms with Crippen LogP contribution < -0.4 is 5.32 Å². The zero-order valence-electron chi connectivity index (χ0n) is 10.8. The Morgan fingerprint density at radius 3 is 2.75 bits per heavy atom. The summed E-state index contributed by atoms with van der Waals surface area (Å²) in [6.07, 6.45) is 0. The highest BCUT2D eigenvalue weighted by Gasteiger charge is 2.10. The van der Waals surface area contributed by atoms with Gasteiger partial charge in [-0.15, -0.1) is 10.2 Å². The summed E-state index contributed by atoms with van der Waals surface area (Å²) < 4.78 is 4.41. The maximum absolute atomic E-state index is 11.5. The molecule has 2 aromatic rings. The summed E-state index contributed by atoms with van der Waals surface area (Å²) in [6.45, 7) is -0.299. The Morgan fingerprint density at radius 2 is 2.05 bits per heavy atom. The van der Waals surface area contributed by atoms with Crippen molar-refractivity contribution < 1.29 is 14.3 Å². The highest BCUT2D eigenvalue weighted by molar-refractivity contribution is 5.81. The standard InChI is InChI=1S/C12H13N5O3/c1-20-11(19)7-13-10(18)8-17-15-12(14-16-17)9-5-3-2-4-6-9/h2-6H,7-8H2,1H3,(H,13,18). The van der Waals surface area contributed by atoms with Gasteiger partial charge in [0.05, 0.1) is 7.11 Å². The molecule has 1 aromatic heterocycles. The van der Waals surface area contributed by atoms with E-state index in [1.54, 1.807) is 0 Å². The maximum atomic E-state index is 11.5. The molecule has 1 aromatic carbocycles. The van der Waals surface area contributed by atoms with Gasteiger partial charge in [0.2, 0.25) is 11.7 Å². The van der Waals surface area contributed by atoms with Crippen molar-refractivity contribution in [2.24, 2.45) is 0 Å². The average Bonchev–Trinajstić information content (AvgIpc) is 2.94. The first-order chi connectivity index (χ1) is 9.69. The molecule has 0 bridgehead atoms. The van der Waals surface area contributed by atoms with E-state index in [0.717, 1.165) is 10.4 Å². The van der Waals surface area contributed by atoms with Crippen LogP contribution in [0.4, 0.5) is 0 Å². The average molecular weight is 275 g/mol. The van der Waals surface area contributed by atoms with Gasteiger partial charge in [0, 0.05) is 5.56 Å². The lowest BCUT2D eigenvalue weighted by Gasteiger charge is -2.02. The normalized spacial score (nSPS) is 10.1. The number of methoxy groups -OCH3 is 1. The van der Waals surface area contributed by atoms with Crippen molar-refractivity contribution in [3.63, 3.8) is 0 Å². The third kappa shape index (κ3) is 3.61. The maximum Gasteiger partial charge on any atom is 0.325 e. The fourth-order valence-corrected chi connectivity index (χ4v) is 1.44. The lowest BCUT2D eigenvalue weighted by Crippen LogP contribution is -2.33. The van der Waals surface area contributed by atoms with Gasteiger partial charge in [-0.05, 0) is 5.21 Å². The van der Waals surface area contributed by atoms with Gasteiger partial charge in [0.1, 0.15) is 13.1 Å². The molecule has 0 radical (unpaired) electrons. The van der Waals surface area contributed by atoms with Crippen LogP contribution in [-0.4, -0.2) is 45.7 Å². The van der Waals surface area contributed by atoms with E-state index in [0.29, 0.717) is 5.82 Å². The Morgan fingerprint density at radius 1 is 1.30 bits per heavy atom. The first kappa shape index (κ1) is 13.7. The van der Waals surface area contributed by atoms with Crippen LogP contribution in [0.2, 0.25) is 0 Å². The number of carbonyl (C=O) groups is 2. The Hall–Kier alpha value is -2.77. The van der Waals surface area contributed by atoms with Crippen LogP contribution in [0.15, 0.2) is 30.3 Å². The number of hydrogen-bond acceptors (Lipinski definition) is 6. The molecule has 1 N–H and O–H groups in total. The fraction of sp³-hybridized carbons (Fsp3) is 0.250. The van der Waals surface area contributed by atoms with Crippen molar-refractivity contribution in [3.8, 4) is 11.4 Å². The van der Waals surface area contributed by atoms with Gasteiger partial charge in [-0.25, -0.2) is 0 Å². The van der Waals surface area contributed by atoms with E-state index >= 15 is 0 Å². The van der Waals surface area contributed by atoms with Crippen LogP contribution >= 0.6 is 0 Å². The summed E-state index contributed by atoms with van der Waals surface area (Å²) in [5, 5.41) is 14.1. The van der Waals surface area contributed by atoms with Gasteiger partial charge in [-0.2, -0.15) is 4.80 Å². The largest absolute Gasteiger partial charge is 0.468 e. The molecule has 2 rings (SSSR count). The number of nitrogens with one attached hydrogen (secondary N) is 1. The second-order valence-electron chi connectivity index (χ2n) is 3.86. The second kappa shape index (κ2) is 6.41. The van der Waals surface area contributed by atoms with Crippen LogP contribution in [0.25, 0.3) is 11.4 Å². The molecule has 104 valence electrons. The van der Waals surface area contributed by atoms with Crippen molar-refractivity contribution in [3.05, 3.63) is 30.3 Å². The van der Waals surface area contributed by atoms with Gasteiger partial charge in [0.25, 0.3) is 0 Å². The molecule has 1 heterocycles. The van der Waals surface area contributed by atoms with Crippen molar-refractivity contribution in [2.45, 2.75) is 6.54 Å². The van der Waals surface area contributed by atoms with E-state index in [2.05, 4.69) is 25.5 Å². The van der Waals surface area contributed by atoms with Crippen molar-refractivity contribution in [2.75, 3.05) is 13.7 Å². The molecule has 0 aliphatic carbocycles. The molecule has 0 spiro atoms. The molecular formula is C12H13N5O3. The number of nitrogens with zero attached hydrogens (tertiary/aromatic N) is 4. The number of carbonyl (C=O) groups excluding carboxylic acids is 2. The quantitative estimate of drug-likeness (QED) is 0.747. The van der Waals surface area contributed by atoms with E-state index in [1.165, 1.54) is 7.11 Å². The molecule has 20 heavy (non-hydrogen) atoms. The molecule has 8 nitrogen and oxygen atoms in total. The lowest BCUT2D eigenvalue weighted by molar-refractivity contribution is -0.141. The van der Waals surface area contributed by atoms with Gasteiger partial charge < -0.3 is 10.1 Å². The molecule has 0 aliphatic rings. The van der Waals surface area contributed by atoms with Gasteiger partial charge in [-0.3, -0.25) is 9.59 Å². The zero-order chi connectivity index (χ0) is 14.4. The lowest BCUT2D eigenvalue weighted by atomic mass is 10.2.